The molecule has 2 heterocycles. The lowest BCUT2D eigenvalue weighted by Crippen LogP contribution is -2.22. The summed E-state index contributed by atoms with van der Waals surface area (Å²) in [7, 11) is 3.26. The molecule has 0 spiro atoms. The van der Waals surface area contributed by atoms with Crippen LogP contribution in [0.3, 0.4) is 0 Å². The molecule has 0 unspecified atom stereocenters. The van der Waals surface area contributed by atoms with Crippen molar-refractivity contribution in [3.63, 3.8) is 0 Å². The molecule has 0 aliphatic carbocycles. The zero-order chi connectivity index (χ0) is 14.0. The lowest BCUT2D eigenvalue weighted by Gasteiger charge is -2.06. The zero-order valence-electron chi connectivity index (χ0n) is 10.4. The van der Waals surface area contributed by atoms with Crippen LogP contribution in [0.1, 0.15) is 20.8 Å². The number of aromatic nitrogens is 3. The first-order valence-corrected chi connectivity index (χ1v) is 5.46. The Labute approximate surface area is 109 Å². The van der Waals surface area contributed by atoms with Crippen LogP contribution in [0.5, 0.6) is 0 Å². The third kappa shape index (κ3) is 2.59. The zero-order valence-corrected chi connectivity index (χ0v) is 10.4. The van der Waals surface area contributed by atoms with E-state index in [0.717, 1.165) is 0 Å². The van der Waals surface area contributed by atoms with Crippen molar-refractivity contribution < 1.29 is 14.7 Å². The minimum atomic E-state index is -1.04. The molecule has 0 aliphatic rings. The number of hydrogen-bond donors (Lipinski definition) is 1. The molecule has 0 fully saturated rings. The highest BCUT2D eigenvalue weighted by Crippen LogP contribution is 2.08. The third-order valence-corrected chi connectivity index (χ3v) is 2.44. The van der Waals surface area contributed by atoms with E-state index in [0.29, 0.717) is 5.82 Å². The monoisotopic (exact) mass is 260 g/mol. The number of carboxylic acids is 1. The van der Waals surface area contributed by atoms with Gasteiger partial charge in [-0.05, 0) is 18.2 Å². The van der Waals surface area contributed by atoms with Crippen LogP contribution in [0.15, 0.2) is 30.6 Å². The van der Waals surface area contributed by atoms with Gasteiger partial charge in [0.25, 0.3) is 5.91 Å². The molecule has 2 aromatic heterocycles. The Kier molecular flexibility index (Phi) is 3.28. The quantitative estimate of drug-likeness (QED) is 0.876. The third-order valence-electron chi connectivity index (χ3n) is 2.44. The number of carboxylic acid groups (broad SMARTS) is 1. The molecule has 7 nitrogen and oxygen atoms in total. The Balaban J connectivity index is 2.35. The fourth-order valence-electron chi connectivity index (χ4n) is 1.47. The van der Waals surface area contributed by atoms with Gasteiger partial charge in [0, 0.05) is 26.5 Å². The number of amides is 1. The van der Waals surface area contributed by atoms with Gasteiger partial charge < -0.3 is 10.0 Å². The van der Waals surface area contributed by atoms with Crippen LogP contribution in [0.2, 0.25) is 0 Å². The Morgan fingerprint density at radius 3 is 2.68 bits per heavy atom. The lowest BCUT2D eigenvalue weighted by atomic mass is 10.3. The van der Waals surface area contributed by atoms with E-state index in [1.54, 1.807) is 26.4 Å². The molecule has 0 radical (unpaired) electrons. The summed E-state index contributed by atoms with van der Waals surface area (Å²) in [6, 6.07) is 4.33. The normalized spacial score (nSPS) is 10.2. The molecule has 2 rings (SSSR count). The molecule has 98 valence electrons. The molecule has 0 saturated heterocycles. The van der Waals surface area contributed by atoms with Crippen molar-refractivity contribution in [1.29, 1.82) is 0 Å². The average molecular weight is 260 g/mol. The summed E-state index contributed by atoms with van der Waals surface area (Å²) in [6.07, 6.45) is 2.94. The first-order valence-electron chi connectivity index (χ1n) is 5.46. The minimum absolute atomic E-state index is 0.112. The summed E-state index contributed by atoms with van der Waals surface area (Å²) in [4.78, 5) is 28.0. The maximum atomic E-state index is 11.7. The van der Waals surface area contributed by atoms with Crippen LogP contribution in [0.4, 0.5) is 0 Å². The Morgan fingerprint density at radius 1 is 1.32 bits per heavy atom. The van der Waals surface area contributed by atoms with Crippen LogP contribution in [-0.4, -0.2) is 50.7 Å². The fourth-order valence-corrected chi connectivity index (χ4v) is 1.47. The van der Waals surface area contributed by atoms with E-state index in [-0.39, 0.29) is 17.2 Å². The second kappa shape index (κ2) is 4.89. The fraction of sp³-hybridized carbons (Fsp3) is 0.167. The molecular weight excluding hydrogens is 248 g/mol. The van der Waals surface area contributed by atoms with Crippen LogP contribution in [0, 0.1) is 0 Å². The highest BCUT2D eigenvalue weighted by Gasteiger charge is 2.13. The molecule has 0 aliphatic heterocycles. The second-order valence-corrected chi connectivity index (χ2v) is 4.05. The molecular formula is C12H12N4O3. The summed E-state index contributed by atoms with van der Waals surface area (Å²) < 4.78 is 1.36. The molecule has 0 aromatic carbocycles. The maximum absolute atomic E-state index is 11.7. The largest absolute Gasteiger partial charge is 0.478 e. The van der Waals surface area contributed by atoms with Crippen molar-refractivity contribution in [2.75, 3.05) is 14.1 Å². The predicted octanol–water partition coefficient (Wildman–Crippen LogP) is 0.667. The standard InChI is InChI=1S/C12H12N4O3/c1-15(2)11(17)9-4-6-16(14-9)10-7-8(12(18)19)3-5-13-10/h3-7H,1-2H3,(H,18,19). The van der Waals surface area contributed by atoms with Gasteiger partial charge in [0.1, 0.15) is 0 Å². The topological polar surface area (TPSA) is 88.3 Å². The van der Waals surface area contributed by atoms with Gasteiger partial charge in [-0.15, -0.1) is 0 Å². The van der Waals surface area contributed by atoms with Crippen molar-refractivity contribution in [3.05, 3.63) is 41.9 Å². The smallest absolute Gasteiger partial charge is 0.335 e. The Morgan fingerprint density at radius 2 is 2.05 bits per heavy atom. The van der Waals surface area contributed by atoms with Gasteiger partial charge in [0.15, 0.2) is 11.5 Å². The summed E-state index contributed by atoms with van der Waals surface area (Å²) in [5.74, 6) is -0.925. The summed E-state index contributed by atoms with van der Waals surface area (Å²) >= 11 is 0. The second-order valence-electron chi connectivity index (χ2n) is 4.05. The van der Waals surface area contributed by atoms with E-state index in [4.69, 9.17) is 5.11 Å². The number of aromatic carboxylic acids is 1. The van der Waals surface area contributed by atoms with E-state index >= 15 is 0 Å². The number of hydrogen-bond acceptors (Lipinski definition) is 4. The molecule has 1 amide bonds. The van der Waals surface area contributed by atoms with Gasteiger partial charge in [-0.3, -0.25) is 4.79 Å². The van der Waals surface area contributed by atoms with E-state index in [1.165, 1.54) is 27.9 Å². The molecule has 1 N–H and O–H groups in total. The number of carbonyl (C=O) groups excluding carboxylic acids is 1. The first-order chi connectivity index (χ1) is 8.99. The van der Waals surface area contributed by atoms with Gasteiger partial charge in [-0.1, -0.05) is 0 Å². The van der Waals surface area contributed by atoms with E-state index in [9.17, 15) is 9.59 Å². The van der Waals surface area contributed by atoms with Crippen LogP contribution in [-0.2, 0) is 0 Å². The highest BCUT2D eigenvalue weighted by molar-refractivity contribution is 5.91. The molecule has 7 heteroatoms. The summed E-state index contributed by atoms with van der Waals surface area (Å²) in [5.41, 5.74) is 0.383. The maximum Gasteiger partial charge on any atom is 0.335 e. The predicted molar refractivity (Wildman–Crippen MR) is 66.3 cm³/mol. The minimum Gasteiger partial charge on any atom is -0.478 e. The Hall–Kier alpha value is -2.70. The van der Waals surface area contributed by atoms with E-state index in [1.807, 2.05) is 0 Å². The SMILES string of the molecule is CN(C)C(=O)c1ccn(-c2cc(C(=O)O)ccn2)n1. The number of carbonyl (C=O) groups is 2. The molecule has 2 aromatic rings. The molecule has 0 bridgehead atoms. The van der Waals surface area contributed by atoms with Crippen molar-refractivity contribution in [3.8, 4) is 5.82 Å². The van der Waals surface area contributed by atoms with Crippen molar-refractivity contribution in [2.24, 2.45) is 0 Å². The number of pyridine rings is 1. The van der Waals surface area contributed by atoms with Gasteiger partial charge in [0.05, 0.1) is 5.56 Å². The molecule has 0 saturated carbocycles. The van der Waals surface area contributed by atoms with Crippen LogP contribution in [0.25, 0.3) is 5.82 Å². The van der Waals surface area contributed by atoms with Crippen LogP contribution < -0.4 is 0 Å². The summed E-state index contributed by atoms with van der Waals surface area (Å²) in [5, 5.41) is 13.0. The van der Waals surface area contributed by atoms with Crippen molar-refractivity contribution in [2.45, 2.75) is 0 Å². The average Bonchev–Trinajstić information content (AvgIpc) is 2.87. The summed E-state index contributed by atoms with van der Waals surface area (Å²) in [6.45, 7) is 0. The Bertz CT molecular complexity index is 633. The van der Waals surface area contributed by atoms with Crippen LogP contribution >= 0.6 is 0 Å². The van der Waals surface area contributed by atoms with Crippen molar-refractivity contribution in [1.82, 2.24) is 19.7 Å². The van der Waals surface area contributed by atoms with Crippen molar-refractivity contribution >= 4 is 11.9 Å². The molecule has 0 atom stereocenters. The van der Waals surface area contributed by atoms with Gasteiger partial charge >= 0.3 is 5.97 Å². The van der Waals surface area contributed by atoms with Gasteiger partial charge in [0.2, 0.25) is 0 Å². The number of rotatable bonds is 3. The first kappa shape index (κ1) is 12.7. The lowest BCUT2D eigenvalue weighted by molar-refractivity contribution is 0.0696. The molecule has 19 heavy (non-hydrogen) atoms. The van der Waals surface area contributed by atoms with Gasteiger partial charge in [-0.2, -0.15) is 5.10 Å². The van der Waals surface area contributed by atoms with Gasteiger partial charge in [-0.25, -0.2) is 14.5 Å². The number of nitrogens with zero attached hydrogens (tertiary/aromatic N) is 4. The van der Waals surface area contributed by atoms with E-state index in [2.05, 4.69) is 10.1 Å². The highest BCUT2D eigenvalue weighted by atomic mass is 16.4. The van der Waals surface area contributed by atoms with E-state index < -0.39 is 5.97 Å².